The summed E-state index contributed by atoms with van der Waals surface area (Å²) in [6.07, 6.45) is 6.02. The second-order valence-electron chi connectivity index (χ2n) is 5.87. The maximum Gasteiger partial charge on any atom is 0.160 e. The molecule has 1 aliphatic rings. The molecule has 6 heteroatoms. The molecule has 1 aliphatic heterocycles. The van der Waals surface area contributed by atoms with Gasteiger partial charge in [-0.25, -0.2) is 8.78 Å². The van der Waals surface area contributed by atoms with E-state index < -0.39 is 11.6 Å². The highest BCUT2D eigenvalue weighted by Gasteiger charge is 2.20. The van der Waals surface area contributed by atoms with E-state index >= 15 is 0 Å². The molecule has 1 aromatic heterocycles. The largest absolute Gasteiger partial charge is 0.381 e. The second-order valence-corrected chi connectivity index (χ2v) is 5.87. The van der Waals surface area contributed by atoms with Crippen LogP contribution in [0.25, 0.3) is 0 Å². The smallest absolute Gasteiger partial charge is 0.160 e. The number of piperidine rings is 1. The third kappa shape index (κ3) is 3.62. The molecule has 0 saturated carbocycles. The van der Waals surface area contributed by atoms with Crippen LogP contribution in [0.15, 0.2) is 30.6 Å². The Hall–Kier alpha value is -1.95. The van der Waals surface area contributed by atoms with Crippen LogP contribution in [0.1, 0.15) is 18.4 Å². The van der Waals surface area contributed by atoms with Gasteiger partial charge in [0.25, 0.3) is 0 Å². The minimum absolute atomic E-state index is 0.246. The molecule has 1 saturated heterocycles. The number of benzene rings is 1. The standard InChI is InChI=1S/C16H20F2N4/c1-21-9-12(8-19-21)10-22-6-2-3-14(11-22)20-13-4-5-15(17)16(18)7-13/h4-5,7-9,14,20H,2-3,6,10-11H2,1H3. The zero-order chi connectivity index (χ0) is 15.5. The normalized spacial score (nSPS) is 19.3. The highest BCUT2D eigenvalue weighted by Crippen LogP contribution is 2.19. The lowest BCUT2D eigenvalue weighted by atomic mass is 10.0. The molecule has 22 heavy (non-hydrogen) atoms. The summed E-state index contributed by atoms with van der Waals surface area (Å²) < 4.78 is 28.0. The minimum Gasteiger partial charge on any atom is -0.381 e. The number of likely N-dealkylation sites (tertiary alicyclic amines) is 1. The highest BCUT2D eigenvalue weighted by atomic mass is 19.2. The van der Waals surface area contributed by atoms with Gasteiger partial charge in [-0.3, -0.25) is 9.58 Å². The first-order chi connectivity index (χ1) is 10.6. The number of aromatic nitrogens is 2. The van der Waals surface area contributed by atoms with Gasteiger partial charge in [-0.1, -0.05) is 0 Å². The molecule has 1 unspecified atom stereocenters. The van der Waals surface area contributed by atoms with Gasteiger partial charge in [-0.2, -0.15) is 5.10 Å². The van der Waals surface area contributed by atoms with Gasteiger partial charge in [0, 0.05) is 49.7 Å². The molecule has 0 spiro atoms. The fraction of sp³-hybridized carbons (Fsp3) is 0.438. The highest BCUT2D eigenvalue weighted by molar-refractivity contribution is 5.44. The minimum atomic E-state index is -0.813. The van der Waals surface area contributed by atoms with Crippen LogP contribution < -0.4 is 5.32 Å². The lowest BCUT2D eigenvalue weighted by Crippen LogP contribution is -2.41. The van der Waals surface area contributed by atoms with Gasteiger partial charge in [0.2, 0.25) is 0 Å². The van der Waals surface area contributed by atoms with E-state index in [1.165, 1.54) is 11.6 Å². The van der Waals surface area contributed by atoms with Crippen molar-refractivity contribution in [2.24, 2.45) is 7.05 Å². The Bertz CT molecular complexity index is 641. The van der Waals surface area contributed by atoms with Crippen LogP contribution in [0.3, 0.4) is 0 Å². The molecule has 3 rings (SSSR count). The van der Waals surface area contributed by atoms with Gasteiger partial charge in [0.15, 0.2) is 11.6 Å². The summed E-state index contributed by atoms with van der Waals surface area (Å²) in [5.41, 5.74) is 1.82. The van der Waals surface area contributed by atoms with E-state index in [9.17, 15) is 8.78 Å². The summed E-state index contributed by atoms with van der Waals surface area (Å²) in [6.45, 7) is 2.79. The molecule has 0 radical (unpaired) electrons. The fourth-order valence-electron chi connectivity index (χ4n) is 2.95. The maximum absolute atomic E-state index is 13.3. The lowest BCUT2D eigenvalue weighted by Gasteiger charge is -2.33. The van der Waals surface area contributed by atoms with Gasteiger partial charge < -0.3 is 5.32 Å². The van der Waals surface area contributed by atoms with E-state index in [1.807, 2.05) is 19.4 Å². The Balaban J connectivity index is 1.59. The lowest BCUT2D eigenvalue weighted by molar-refractivity contribution is 0.208. The van der Waals surface area contributed by atoms with Crippen LogP contribution in [0, 0.1) is 11.6 Å². The first kappa shape index (κ1) is 15.0. The van der Waals surface area contributed by atoms with Crippen LogP contribution in [-0.4, -0.2) is 33.8 Å². The van der Waals surface area contributed by atoms with Crippen molar-refractivity contribution >= 4 is 5.69 Å². The van der Waals surface area contributed by atoms with E-state index in [-0.39, 0.29) is 6.04 Å². The van der Waals surface area contributed by atoms with Gasteiger partial charge in [-0.05, 0) is 31.5 Å². The van der Waals surface area contributed by atoms with Crippen LogP contribution >= 0.6 is 0 Å². The van der Waals surface area contributed by atoms with Gasteiger partial charge in [0.1, 0.15) is 0 Å². The molecule has 2 aromatic rings. The molecule has 118 valence electrons. The zero-order valence-electron chi connectivity index (χ0n) is 12.6. The second kappa shape index (κ2) is 6.44. The topological polar surface area (TPSA) is 33.1 Å². The number of nitrogens with zero attached hydrogens (tertiary/aromatic N) is 3. The Kier molecular flexibility index (Phi) is 4.38. The van der Waals surface area contributed by atoms with Crippen molar-refractivity contribution in [3.63, 3.8) is 0 Å². The van der Waals surface area contributed by atoms with E-state index in [2.05, 4.69) is 15.3 Å². The average molecular weight is 306 g/mol. The van der Waals surface area contributed by atoms with Crippen molar-refractivity contribution in [2.45, 2.75) is 25.4 Å². The molecule has 0 bridgehead atoms. The third-order valence-electron chi connectivity index (χ3n) is 3.96. The van der Waals surface area contributed by atoms with E-state index in [0.29, 0.717) is 5.69 Å². The van der Waals surface area contributed by atoms with E-state index in [4.69, 9.17) is 0 Å². The van der Waals surface area contributed by atoms with Crippen molar-refractivity contribution in [1.82, 2.24) is 14.7 Å². The molecule has 1 fully saturated rings. The zero-order valence-corrected chi connectivity index (χ0v) is 12.6. The van der Waals surface area contributed by atoms with E-state index in [0.717, 1.165) is 38.5 Å². The summed E-state index contributed by atoms with van der Waals surface area (Å²) in [5.74, 6) is -1.62. The van der Waals surface area contributed by atoms with Crippen LogP contribution in [0.4, 0.5) is 14.5 Å². The number of anilines is 1. The maximum atomic E-state index is 13.3. The van der Waals surface area contributed by atoms with Crippen molar-refractivity contribution in [1.29, 1.82) is 0 Å². The molecule has 0 aliphatic carbocycles. The summed E-state index contributed by atoms with van der Waals surface area (Å²) in [6, 6.07) is 4.21. The molecule has 1 aromatic carbocycles. The summed E-state index contributed by atoms with van der Waals surface area (Å²) in [7, 11) is 1.91. The molecule has 1 atom stereocenters. The number of hydrogen-bond acceptors (Lipinski definition) is 3. The monoisotopic (exact) mass is 306 g/mol. The Morgan fingerprint density at radius 3 is 2.91 bits per heavy atom. The number of nitrogens with one attached hydrogen (secondary N) is 1. The SMILES string of the molecule is Cn1cc(CN2CCCC(Nc3ccc(F)c(F)c3)C2)cn1. The molecular weight excluding hydrogens is 286 g/mol. The Labute approximate surface area is 128 Å². The molecule has 4 nitrogen and oxygen atoms in total. The Morgan fingerprint density at radius 1 is 1.32 bits per heavy atom. The quantitative estimate of drug-likeness (QED) is 0.943. The first-order valence-corrected chi connectivity index (χ1v) is 7.51. The molecule has 0 amide bonds. The third-order valence-corrected chi connectivity index (χ3v) is 3.96. The van der Waals surface area contributed by atoms with Crippen molar-refractivity contribution in [3.8, 4) is 0 Å². The summed E-state index contributed by atoms with van der Waals surface area (Å²) in [5, 5.41) is 7.48. The average Bonchev–Trinajstić information content (AvgIpc) is 2.89. The number of rotatable bonds is 4. The van der Waals surface area contributed by atoms with E-state index in [1.54, 1.807) is 10.7 Å². The molecule has 1 N–H and O–H groups in total. The fourth-order valence-corrected chi connectivity index (χ4v) is 2.95. The van der Waals surface area contributed by atoms with Crippen molar-refractivity contribution in [3.05, 3.63) is 47.8 Å². The predicted molar refractivity (Wildman–Crippen MR) is 81.5 cm³/mol. The number of aryl methyl sites for hydroxylation is 1. The number of halogens is 2. The van der Waals surface area contributed by atoms with Gasteiger partial charge >= 0.3 is 0 Å². The summed E-state index contributed by atoms with van der Waals surface area (Å²) in [4.78, 5) is 2.36. The van der Waals surface area contributed by atoms with Crippen LogP contribution in [0.2, 0.25) is 0 Å². The molecular formula is C16H20F2N4. The van der Waals surface area contributed by atoms with Crippen LogP contribution in [0.5, 0.6) is 0 Å². The van der Waals surface area contributed by atoms with Gasteiger partial charge in [-0.15, -0.1) is 0 Å². The predicted octanol–water partition coefficient (Wildman–Crippen LogP) is 2.77. The van der Waals surface area contributed by atoms with Crippen LogP contribution in [-0.2, 0) is 13.6 Å². The van der Waals surface area contributed by atoms with Crippen molar-refractivity contribution < 1.29 is 8.78 Å². The first-order valence-electron chi connectivity index (χ1n) is 7.51. The van der Waals surface area contributed by atoms with Gasteiger partial charge in [0.05, 0.1) is 6.20 Å². The molecule has 2 heterocycles. The van der Waals surface area contributed by atoms with Crippen molar-refractivity contribution in [2.75, 3.05) is 18.4 Å². The Morgan fingerprint density at radius 2 is 2.18 bits per heavy atom. The summed E-state index contributed by atoms with van der Waals surface area (Å²) >= 11 is 0. The number of hydrogen-bond donors (Lipinski definition) is 1.